The van der Waals surface area contributed by atoms with Crippen LogP contribution < -0.4 is 0 Å². The molecule has 0 aliphatic rings. The minimum atomic E-state index is -2.10. The standard InChI is InChI=1S/C6H4N2O2S/c1-7-5-2-3-8-6(4-5)11(9)10/h2-4H,(H,9,10). The summed E-state index contributed by atoms with van der Waals surface area (Å²) >= 11 is -2.10. The molecule has 1 unspecified atom stereocenters. The summed E-state index contributed by atoms with van der Waals surface area (Å²) in [6.45, 7) is 6.60. The molecule has 56 valence electrons. The normalized spacial score (nSPS) is 12.0. The molecule has 0 spiro atoms. The lowest BCUT2D eigenvalue weighted by molar-refractivity contribution is 0.560. The Bertz CT molecular complexity index is 332. The van der Waals surface area contributed by atoms with E-state index in [1.54, 1.807) is 0 Å². The Hall–Kier alpha value is -1.25. The summed E-state index contributed by atoms with van der Waals surface area (Å²) in [5.41, 5.74) is 0.317. The van der Waals surface area contributed by atoms with Crippen LogP contribution in [0.15, 0.2) is 23.4 Å². The van der Waals surface area contributed by atoms with E-state index in [2.05, 4.69) is 9.83 Å². The molecule has 0 bridgehead atoms. The predicted molar refractivity (Wildman–Crippen MR) is 39.5 cm³/mol. The highest BCUT2D eigenvalue weighted by molar-refractivity contribution is 7.79. The Morgan fingerprint density at radius 1 is 1.73 bits per heavy atom. The number of hydrogen-bond donors (Lipinski definition) is 1. The maximum atomic E-state index is 10.4. The molecule has 0 aromatic carbocycles. The van der Waals surface area contributed by atoms with Crippen molar-refractivity contribution in [1.82, 2.24) is 4.98 Å². The molecule has 1 aromatic rings. The lowest BCUT2D eigenvalue weighted by Crippen LogP contribution is -1.90. The van der Waals surface area contributed by atoms with Gasteiger partial charge in [0.2, 0.25) is 11.1 Å². The highest BCUT2D eigenvalue weighted by Crippen LogP contribution is 2.12. The first kappa shape index (κ1) is 7.85. The van der Waals surface area contributed by atoms with Crippen LogP contribution in [0.4, 0.5) is 5.69 Å². The van der Waals surface area contributed by atoms with Gasteiger partial charge in [0.25, 0.3) is 0 Å². The van der Waals surface area contributed by atoms with Crippen LogP contribution in [-0.4, -0.2) is 13.7 Å². The quantitative estimate of drug-likeness (QED) is 0.506. The highest BCUT2D eigenvalue weighted by Gasteiger charge is 2.00. The number of rotatable bonds is 1. The van der Waals surface area contributed by atoms with Crippen molar-refractivity contribution in [1.29, 1.82) is 0 Å². The van der Waals surface area contributed by atoms with Crippen molar-refractivity contribution in [3.8, 4) is 0 Å². The van der Waals surface area contributed by atoms with Gasteiger partial charge in [-0.1, -0.05) is 0 Å². The Labute approximate surface area is 66.0 Å². The number of hydrogen-bond acceptors (Lipinski definition) is 2. The van der Waals surface area contributed by atoms with Crippen molar-refractivity contribution < 1.29 is 8.76 Å². The summed E-state index contributed by atoms with van der Waals surface area (Å²) in [6.07, 6.45) is 1.33. The second kappa shape index (κ2) is 3.23. The van der Waals surface area contributed by atoms with Gasteiger partial charge in [-0.25, -0.2) is 14.0 Å². The van der Waals surface area contributed by atoms with Gasteiger partial charge in [0.15, 0.2) is 5.69 Å². The lowest BCUT2D eigenvalue weighted by atomic mass is 10.4. The molecule has 1 atom stereocenters. The van der Waals surface area contributed by atoms with Crippen molar-refractivity contribution in [2.24, 2.45) is 0 Å². The van der Waals surface area contributed by atoms with Crippen LogP contribution in [0.2, 0.25) is 0 Å². The summed E-state index contributed by atoms with van der Waals surface area (Å²) in [5.74, 6) is 0. The molecule has 0 saturated heterocycles. The molecular formula is C6H4N2O2S. The van der Waals surface area contributed by atoms with Crippen LogP contribution in [0.1, 0.15) is 0 Å². The van der Waals surface area contributed by atoms with Crippen LogP contribution in [0.25, 0.3) is 4.85 Å². The van der Waals surface area contributed by atoms with Gasteiger partial charge in [-0.2, -0.15) is 0 Å². The molecule has 1 rings (SSSR count). The van der Waals surface area contributed by atoms with Gasteiger partial charge in [0.05, 0.1) is 6.57 Å². The van der Waals surface area contributed by atoms with Gasteiger partial charge < -0.3 is 4.55 Å². The van der Waals surface area contributed by atoms with Crippen LogP contribution >= 0.6 is 0 Å². The molecule has 0 fully saturated rings. The Balaban J connectivity index is 3.13. The Morgan fingerprint density at radius 3 is 3.00 bits per heavy atom. The monoisotopic (exact) mass is 168 g/mol. The minimum Gasteiger partial charge on any atom is -0.301 e. The molecule has 4 nitrogen and oxygen atoms in total. The fourth-order valence-corrected chi connectivity index (χ4v) is 0.937. The van der Waals surface area contributed by atoms with E-state index < -0.39 is 11.1 Å². The zero-order chi connectivity index (χ0) is 8.27. The van der Waals surface area contributed by atoms with E-state index in [1.165, 1.54) is 18.3 Å². The fourth-order valence-electron chi connectivity index (χ4n) is 0.564. The number of nitrogens with zero attached hydrogens (tertiary/aromatic N) is 2. The van der Waals surface area contributed by atoms with Crippen molar-refractivity contribution in [2.45, 2.75) is 5.03 Å². The fraction of sp³-hybridized carbons (Fsp3) is 0. The SMILES string of the molecule is [C-]#[N+]c1ccnc(S(=O)O)c1. The highest BCUT2D eigenvalue weighted by atomic mass is 32.2. The average Bonchev–Trinajstić information content (AvgIpc) is 2.05. The molecule has 0 aliphatic carbocycles. The van der Waals surface area contributed by atoms with Crippen LogP contribution in [0.3, 0.4) is 0 Å². The summed E-state index contributed by atoms with van der Waals surface area (Å²) in [5, 5.41) is 0.0125. The van der Waals surface area contributed by atoms with E-state index in [-0.39, 0.29) is 5.03 Å². The van der Waals surface area contributed by atoms with Gasteiger partial charge >= 0.3 is 0 Å². The van der Waals surface area contributed by atoms with E-state index >= 15 is 0 Å². The molecule has 1 N–H and O–H groups in total. The average molecular weight is 168 g/mol. The summed E-state index contributed by atoms with van der Waals surface area (Å²) in [6, 6.07) is 2.76. The maximum Gasteiger partial charge on any atom is 0.204 e. The first-order chi connectivity index (χ1) is 5.24. The van der Waals surface area contributed by atoms with Crippen molar-refractivity contribution in [2.75, 3.05) is 0 Å². The third kappa shape index (κ3) is 1.83. The second-order valence-corrected chi connectivity index (χ2v) is 2.63. The molecule has 0 radical (unpaired) electrons. The smallest absolute Gasteiger partial charge is 0.204 e. The number of pyridine rings is 1. The van der Waals surface area contributed by atoms with E-state index in [9.17, 15) is 4.21 Å². The first-order valence-electron chi connectivity index (χ1n) is 2.68. The van der Waals surface area contributed by atoms with Crippen LogP contribution in [-0.2, 0) is 11.1 Å². The van der Waals surface area contributed by atoms with Gasteiger partial charge in [-0.3, -0.25) is 0 Å². The molecule has 5 heteroatoms. The van der Waals surface area contributed by atoms with Gasteiger partial charge in [0, 0.05) is 6.20 Å². The van der Waals surface area contributed by atoms with Gasteiger partial charge in [-0.15, -0.1) is 0 Å². The summed E-state index contributed by atoms with van der Waals surface area (Å²) in [4.78, 5) is 6.67. The first-order valence-corrected chi connectivity index (χ1v) is 3.79. The van der Waals surface area contributed by atoms with E-state index in [0.717, 1.165) is 0 Å². The van der Waals surface area contributed by atoms with E-state index in [4.69, 9.17) is 11.1 Å². The molecular weight excluding hydrogens is 164 g/mol. The lowest BCUT2D eigenvalue weighted by Gasteiger charge is -1.92. The largest absolute Gasteiger partial charge is 0.301 e. The summed E-state index contributed by atoms with van der Waals surface area (Å²) in [7, 11) is 0. The predicted octanol–water partition coefficient (Wildman–Crippen LogP) is 1.21. The van der Waals surface area contributed by atoms with E-state index in [1.807, 2.05) is 0 Å². The molecule has 0 aliphatic heterocycles. The zero-order valence-electron chi connectivity index (χ0n) is 5.39. The van der Waals surface area contributed by atoms with Gasteiger partial charge in [0.1, 0.15) is 5.03 Å². The molecule has 1 aromatic heterocycles. The maximum absolute atomic E-state index is 10.4. The van der Waals surface area contributed by atoms with Crippen molar-refractivity contribution in [3.63, 3.8) is 0 Å². The Kier molecular flexibility index (Phi) is 2.31. The van der Waals surface area contributed by atoms with Gasteiger partial charge in [-0.05, 0) is 12.1 Å². The molecule has 0 amide bonds. The van der Waals surface area contributed by atoms with Crippen LogP contribution in [0.5, 0.6) is 0 Å². The van der Waals surface area contributed by atoms with Crippen molar-refractivity contribution >= 4 is 16.8 Å². The van der Waals surface area contributed by atoms with E-state index in [0.29, 0.717) is 5.69 Å². The third-order valence-corrected chi connectivity index (χ3v) is 1.61. The van der Waals surface area contributed by atoms with Crippen molar-refractivity contribution in [3.05, 3.63) is 29.7 Å². The van der Waals surface area contributed by atoms with Crippen LogP contribution in [0, 0.1) is 6.57 Å². The number of aromatic nitrogens is 1. The molecule has 0 saturated carbocycles. The third-order valence-electron chi connectivity index (χ3n) is 1.03. The minimum absolute atomic E-state index is 0.0125. The zero-order valence-corrected chi connectivity index (χ0v) is 6.21. The molecule has 11 heavy (non-hydrogen) atoms. The topological polar surface area (TPSA) is 54.5 Å². The summed E-state index contributed by atoms with van der Waals surface area (Å²) < 4.78 is 19.0. The second-order valence-electron chi connectivity index (χ2n) is 1.71. The molecule has 1 heterocycles. The Morgan fingerprint density at radius 2 is 2.45 bits per heavy atom.